The van der Waals surface area contributed by atoms with E-state index in [0.717, 1.165) is 5.56 Å². The molecule has 186 valence electrons. The minimum atomic E-state index is -1.33. The van der Waals surface area contributed by atoms with Crippen LogP contribution in [0.3, 0.4) is 0 Å². The first-order chi connectivity index (χ1) is 16.8. The highest BCUT2D eigenvalue weighted by molar-refractivity contribution is 6.34. The van der Waals surface area contributed by atoms with Crippen LogP contribution in [0.15, 0.2) is 42.5 Å². The van der Waals surface area contributed by atoms with Crippen LogP contribution in [-0.4, -0.2) is 83.2 Å². The van der Waals surface area contributed by atoms with Crippen LogP contribution in [-0.2, 0) is 19.1 Å². The lowest BCUT2D eigenvalue weighted by atomic mass is 9.77. The lowest BCUT2D eigenvalue weighted by Crippen LogP contribution is -2.58. The summed E-state index contributed by atoms with van der Waals surface area (Å²) < 4.78 is 6.57. The van der Waals surface area contributed by atoms with Crippen molar-refractivity contribution >= 4 is 35.0 Å². The van der Waals surface area contributed by atoms with Gasteiger partial charge in [-0.2, -0.15) is 0 Å². The summed E-state index contributed by atoms with van der Waals surface area (Å²) in [6, 6.07) is 3.81. The zero-order valence-corrected chi connectivity index (χ0v) is 20.8. The second-order valence-corrected chi connectivity index (χ2v) is 10.1. The van der Waals surface area contributed by atoms with E-state index in [1.54, 1.807) is 29.0 Å². The number of anilines is 1. The minimum Gasteiger partial charge on any atom is -0.394 e. The van der Waals surface area contributed by atoms with Crippen LogP contribution < -0.4 is 4.90 Å². The molecule has 1 spiro atoms. The van der Waals surface area contributed by atoms with Crippen molar-refractivity contribution in [3.63, 3.8) is 0 Å². The molecule has 0 aliphatic carbocycles. The van der Waals surface area contributed by atoms with Gasteiger partial charge in [0, 0.05) is 20.1 Å². The molecule has 0 aromatic heterocycles. The maximum atomic E-state index is 14.3. The fourth-order valence-corrected chi connectivity index (χ4v) is 6.50. The summed E-state index contributed by atoms with van der Waals surface area (Å²) in [6.07, 6.45) is 7.15. The number of hydrogen-bond donors (Lipinski definition) is 1. The van der Waals surface area contributed by atoms with Gasteiger partial charge in [0.2, 0.25) is 11.8 Å². The highest BCUT2D eigenvalue weighted by Crippen LogP contribution is 2.54. The van der Waals surface area contributed by atoms with Gasteiger partial charge in [0.05, 0.1) is 41.3 Å². The maximum absolute atomic E-state index is 14.3. The predicted octanol–water partition coefficient (Wildman–Crippen LogP) is 1.93. The third-order valence-electron chi connectivity index (χ3n) is 7.83. The van der Waals surface area contributed by atoms with Crippen molar-refractivity contribution in [3.05, 3.63) is 53.1 Å². The van der Waals surface area contributed by atoms with Crippen molar-refractivity contribution in [2.24, 2.45) is 11.8 Å². The van der Waals surface area contributed by atoms with Gasteiger partial charge in [-0.15, -0.1) is 0 Å². The molecule has 8 nitrogen and oxygen atoms in total. The Morgan fingerprint density at radius 1 is 1.17 bits per heavy atom. The number of carbonyl (C=O) groups is 3. The van der Waals surface area contributed by atoms with E-state index in [0.29, 0.717) is 23.7 Å². The first-order valence-electron chi connectivity index (χ1n) is 12.0. The predicted molar refractivity (Wildman–Crippen MR) is 131 cm³/mol. The fourth-order valence-electron chi connectivity index (χ4n) is 6.18. The van der Waals surface area contributed by atoms with E-state index in [1.807, 2.05) is 44.2 Å². The average Bonchev–Trinajstić information content (AvgIpc) is 3.16. The molecule has 6 atom stereocenters. The highest BCUT2D eigenvalue weighted by atomic mass is 35.5. The van der Waals surface area contributed by atoms with Gasteiger partial charge in [0.25, 0.3) is 5.91 Å². The molecule has 9 heteroatoms. The van der Waals surface area contributed by atoms with Crippen molar-refractivity contribution in [2.45, 2.75) is 44.1 Å². The number of likely N-dealkylation sites (tertiary alicyclic amines) is 1. The van der Waals surface area contributed by atoms with Crippen molar-refractivity contribution in [2.75, 3.05) is 31.6 Å². The standard InChI is InChI=1S/C26H30ClN3O5/c1-4-16(14-31)30-22-25(34)29(21-15(2)8-5-9-17(21)27)13-7-11-26(22)20(24(30)33)19-18(35-26)10-6-12-28(3)23(19)32/h5-11,16,18-20,22,31H,4,12-14H2,1-3H3/t16-,18-,19+,20-,22?,26-/m0/s1. The quantitative estimate of drug-likeness (QED) is 0.639. The number of benzene rings is 1. The van der Waals surface area contributed by atoms with Crippen LogP contribution >= 0.6 is 11.6 Å². The second kappa shape index (κ2) is 8.76. The Bertz CT molecular complexity index is 1110. The van der Waals surface area contributed by atoms with E-state index in [-0.39, 0.29) is 30.9 Å². The van der Waals surface area contributed by atoms with Crippen LogP contribution in [0.4, 0.5) is 5.69 Å². The molecule has 2 saturated heterocycles. The summed E-state index contributed by atoms with van der Waals surface area (Å²) in [5.41, 5.74) is 0.0829. The lowest BCUT2D eigenvalue weighted by Gasteiger charge is -2.38. The molecular formula is C26H30ClN3O5. The highest BCUT2D eigenvalue weighted by Gasteiger charge is 2.72. The summed E-state index contributed by atoms with van der Waals surface area (Å²) in [5.74, 6) is -2.48. The van der Waals surface area contributed by atoms with Crippen LogP contribution in [0, 0.1) is 18.8 Å². The zero-order chi connectivity index (χ0) is 25.1. The van der Waals surface area contributed by atoms with Crippen molar-refractivity contribution in [1.29, 1.82) is 0 Å². The van der Waals surface area contributed by atoms with E-state index < -0.39 is 35.6 Å². The summed E-state index contributed by atoms with van der Waals surface area (Å²) in [7, 11) is 1.70. The summed E-state index contributed by atoms with van der Waals surface area (Å²) in [5, 5.41) is 10.6. The van der Waals surface area contributed by atoms with Crippen molar-refractivity contribution in [3.8, 4) is 0 Å². The Balaban J connectivity index is 1.68. The monoisotopic (exact) mass is 499 g/mol. The van der Waals surface area contributed by atoms with Crippen molar-refractivity contribution in [1.82, 2.24) is 9.80 Å². The number of nitrogens with zero attached hydrogens (tertiary/aromatic N) is 3. The lowest BCUT2D eigenvalue weighted by molar-refractivity contribution is -0.146. The maximum Gasteiger partial charge on any atom is 0.253 e. The molecule has 3 amide bonds. The van der Waals surface area contributed by atoms with Gasteiger partial charge in [-0.25, -0.2) is 0 Å². The molecule has 0 saturated carbocycles. The number of halogens is 1. The average molecular weight is 500 g/mol. The number of aliphatic hydroxyl groups is 1. The van der Waals surface area contributed by atoms with Gasteiger partial charge in [-0.3, -0.25) is 14.4 Å². The molecule has 4 aliphatic heterocycles. The number of fused-ring (bicyclic) bond motifs is 2. The molecule has 35 heavy (non-hydrogen) atoms. The van der Waals surface area contributed by atoms with Crippen LogP contribution in [0.1, 0.15) is 18.9 Å². The van der Waals surface area contributed by atoms with Crippen LogP contribution in [0.5, 0.6) is 0 Å². The number of aliphatic hydroxyl groups excluding tert-OH is 1. The van der Waals surface area contributed by atoms with E-state index in [1.165, 1.54) is 4.90 Å². The number of aryl methyl sites for hydroxylation is 1. The Morgan fingerprint density at radius 2 is 1.94 bits per heavy atom. The van der Waals surface area contributed by atoms with E-state index in [2.05, 4.69) is 0 Å². The van der Waals surface area contributed by atoms with Gasteiger partial charge in [-0.05, 0) is 25.0 Å². The Hall–Kier alpha value is -2.68. The smallest absolute Gasteiger partial charge is 0.253 e. The third kappa shape index (κ3) is 3.37. The molecule has 4 aliphatic rings. The molecule has 5 rings (SSSR count). The van der Waals surface area contributed by atoms with Crippen molar-refractivity contribution < 1.29 is 24.2 Å². The second-order valence-electron chi connectivity index (χ2n) is 9.74. The number of likely N-dealkylation sites (N-methyl/N-ethyl adjacent to an activating group) is 1. The molecule has 1 N–H and O–H groups in total. The minimum absolute atomic E-state index is 0.184. The summed E-state index contributed by atoms with van der Waals surface area (Å²) in [4.78, 5) is 46.4. The number of para-hydroxylation sites is 1. The molecule has 1 aromatic carbocycles. The van der Waals surface area contributed by atoms with Gasteiger partial charge in [-0.1, -0.05) is 55.0 Å². The molecule has 2 fully saturated rings. The summed E-state index contributed by atoms with van der Waals surface area (Å²) >= 11 is 6.54. The Kier molecular flexibility index (Phi) is 6.02. The topological polar surface area (TPSA) is 90.4 Å². The van der Waals surface area contributed by atoms with Gasteiger partial charge in [0.15, 0.2) is 0 Å². The summed E-state index contributed by atoms with van der Waals surface area (Å²) in [6.45, 7) is 4.11. The van der Waals surface area contributed by atoms with Crippen LogP contribution in [0.2, 0.25) is 5.02 Å². The number of amides is 3. The van der Waals surface area contributed by atoms with E-state index in [4.69, 9.17) is 16.3 Å². The number of ether oxygens (including phenoxy) is 1. The fraction of sp³-hybridized carbons (Fsp3) is 0.500. The third-order valence-corrected chi connectivity index (χ3v) is 8.14. The molecule has 1 unspecified atom stereocenters. The Morgan fingerprint density at radius 3 is 2.63 bits per heavy atom. The molecule has 1 aromatic rings. The number of rotatable bonds is 4. The largest absolute Gasteiger partial charge is 0.394 e. The normalized spacial score (nSPS) is 32.9. The van der Waals surface area contributed by atoms with Crippen LogP contribution in [0.25, 0.3) is 0 Å². The van der Waals surface area contributed by atoms with Gasteiger partial charge < -0.3 is 24.5 Å². The van der Waals surface area contributed by atoms with E-state index >= 15 is 0 Å². The first-order valence-corrected chi connectivity index (χ1v) is 12.4. The van der Waals surface area contributed by atoms with Gasteiger partial charge >= 0.3 is 0 Å². The number of carbonyl (C=O) groups excluding carboxylic acids is 3. The van der Waals surface area contributed by atoms with E-state index in [9.17, 15) is 19.5 Å². The number of hydrogen-bond acceptors (Lipinski definition) is 5. The molecule has 4 heterocycles. The zero-order valence-electron chi connectivity index (χ0n) is 20.1. The molecule has 0 radical (unpaired) electrons. The SMILES string of the molecule is CC[C@@H](CO)N1C(=O)[C@@H]2[C@@H]3C(=O)N(C)CC=C[C@@H]3O[C@@]23C=CCN(c2c(C)cccc2Cl)C(=O)C13. The Labute approximate surface area is 209 Å². The molecule has 0 bridgehead atoms. The van der Waals surface area contributed by atoms with Gasteiger partial charge in [0.1, 0.15) is 11.6 Å². The first kappa shape index (κ1) is 24.0. The molecular weight excluding hydrogens is 470 g/mol.